The predicted octanol–water partition coefficient (Wildman–Crippen LogP) is 5.75. The second-order valence-corrected chi connectivity index (χ2v) is 10.7. The Morgan fingerprint density at radius 3 is 2.03 bits per heavy atom. The zero-order valence-electron chi connectivity index (χ0n) is 21.0. The van der Waals surface area contributed by atoms with Crippen molar-refractivity contribution < 1.29 is 27.8 Å². The van der Waals surface area contributed by atoms with Crippen LogP contribution >= 0.6 is 0 Å². The van der Waals surface area contributed by atoms with E-state index in [1.165, 1.54) is 10.8 Å². The van der Waals surface area contributed by atoms with Crippen molar-refractivity contribution in [2.45, 2.75) is 78.3 Å². The minimum absolute atomic E-state index is 0.155. The Balaban J connectivity index is 2.56. The minimum Gasteiger partial charge on any atom is -0.507 e. The number of carbonyl (C=O) groups excluding carboxylic acids is 1. The van der Waals surface area contributed by atoms with Crippen molar-refractivity contribution in [3.63, 3.8) is 0 Å². The number of phenols is 1. The van der Waals surface area contributed by atoms with Gasteiger partial charge in [-0.25, -0.2) is 0 Å². The molecule has 1 aromatic rings. The van der Waals surface area contributed by atoms with Crippen LogP contribution in [0.1, 0.15) is 82.8 Å². The Kier molecular flexibility index (Phi) is 7.85. The number of nitrogens with zero attached hydrogens (tertiary/aromatic N) is 2. The molecule has 186 valence electrons. The first-order valence-corrected chi connectivity index (χ1v) is 11.2. The molecule has 0 radical (unpaired) electrons. The molecular weight excluding hydrogens is 443 g/mol. The molecule has 34 heavy (non-hydrogen) atoms. The van der Waals surface area contributed by atoms with Gasteiger partial charge in [0.25, 0.3) is 0 Å². The van der Waals surface area contributed by atoms with Crippen LogP contribution in [0.5, 0.6) is 5.75 Å². The molecule has 0 saturated heterocycles. The highest BCUT2D eigenvalue weighted by molar-refractivity contribution is 5.99. The summed E-state index contributed by atoms with van der Waals surface area (Å²) in [5.41, 5.74) is 6.36. The summed E-state index contributed by atoms with van der Waals surface area (Å²) in [6.07, 6.45) is -0.550. The SMILES string of the molecule is C/C(N)=N\[N+](CC(=O)c1cc(C(C)(C)C)c(O)c(C(C)(C)C)c1)=C1\C=CC(C(F)(F)F)=CCC1. The van der Waals surface area contributed by atoms with Crippen LogP contribution in [0.3, 0.4) is 0 Å². The van der Waals surface area contributed by atoms with Crippen molar-refractivity contribution in [3.8, 4) is 5.75 Å². The van der Waals surface area contributed by atoms with Gasteiger partial charge in [0.15, 0.2) is 5.84 Å². The molecule has 0 amide bonds. The summed E-state index contributed by atoms with van der Waals surface area (Å²) in [6.45, 7) is 13.1. The second-order valence-electron chi connectivity index (χ2n) is 10.7. The van der Waals surface area contributed by atoms with Crippen molar-refractivity contribution in [3.05, 3.63) is 52.6 Å². The first-order chi connectivity index (χ1) is 15.4. The zero-order valence-corrected chi connectivity index (χ0v) is 21.0. The van der Waals surface area contributed by atoms with E-state index in [1.807, 2.05) is 41.5 Å². The van der Waals surface area contributed by atoms with Gasteiger partial charge in [-0.15, -0.1) is 0 Å². The Morgan fingerprint density at radius 1 is 1.06 bits per heavy atom. The lowest BCUT2D eigenvalue weighted by Gasteiger charge is -2.27. The first kappa shape index (κ1) is 27.3. The number of halogens is 3. The average molecular weight is 479 g/mol. The summed E-state index contributed by atoms with van der Waals surface area (Å²) in [5.74, 6) is 0.0598. The van der Waals surface area contributed by atoms with Gasteiger partial charge in [-0.05, 0) is 42.4 Å². The molecule has 1 aromatic carbocycles. The molecule has 8 heteroatoms. The number of carbonyl (C=O) groups is 1. The minimum atomic E-state index is -4.45. The third-order valence-corrected chi connectivity index (χ3v) is 5.50. The quantitative estimate of drug-likeness (QED) is 0.190. The van der Waals surface area contributed by atoms with Gasteiger partial charge < -0.3 is 10.8 Å². The van der Waals surface area contributed by atoms with Crippen LogP contribution in [0, 0.1) is 0 Å². The molecule has 1 aliphatic rings. The van der Waals surface area contributed by atoms with Crippen LogP contribution in [0.2, 0.25) is 0 Å². The van der Waals surface area contributed by atoms with Gasteiger partial charge in [0, 0.05) is 34.3 Å². The molecule has 3 N–H and O–H groups in total. The van der Waals surface area contributed by atoms with Gasteiger partial charge in [-0.1, -0.05) is 52.3 Å². The lowest BCUT2D eigenvalue weighted by molar-refractivity contribution is -0.520. The summed E-state index contributed by atoms with van der Waals surface area (Å²) in [5, 5.41) is 15.1. The maximum Gasteiger partial charge on any atom is 0.416 e. The fourth-order valence-corrected chi connectivity index (χ4v) is 3.70. The third kappa shape index (κ3) is 6.81. The summed E-state index contributed by atoms with van der Waals surface area (Å²) < 4.78 is 40.7. The number of allylic oxidation sites excluding steroid dienone is 4. The molecule has 0 fully saturated rings. The number of amidine groups is 1. The van der Waals surface area contributed by atoms with Crippen LogP contribution < -0.4 is 5.73 Å². The molecule has 1 aliphatic carbocycles. The highest BCUT2D eigenvalue weighted by Crippen LogP contribution is 2.40. The zero-order chi connectivity index (χ0) is 26.1. The van der Waals surface area contributed by atoms with E-state index in [9.17, 15) is 23.1 Å². The molecule has 0 aliphatic heterocycles. The van der Waals surface area contributed by atoms with E-state index in [4.69, 9.17) is 5.73 Å². The van der Waals surface area contributed by atoms with Gasteiger partial charge >= 0.3 is 6.18 Å². The second kappa shape index (κ2) is 9.76. The summed E-state index contributed by atoms with van der Waals surface area (Å²) in [6, 6.07) is 3.36. The molecule has 0 aromatic heterocycles. The molecule has 0 unspecified atom stereocenters. The van der Waals surface area contributed by atoms with Crippen LogP contribution in [-0.4, -0.2) is 39.8 Å². The van der Waals surface area contributed by atoms with E-state index in [0.29, 0.717) is 22.4 Å². The van der Waals surface area contributed by atoms with Gasteiger partial charge in [0.05, 0.1) is 5.57 Å². The van der Waals surface area contributed by atoms with E-state index in [2.05, 4.69) is 5.10 Å². The molecule has 5 nitrogen and oxygen atoms in total. The van der Waals surface area contributed by atoms with Crippen molar-refractivity contribution in [2.75, 3.05) is 6.54 Å². The molecule has 0 saturated carbocycles. The van der Waals surface area contributed by atoms with Gasteiger partial charge in [0.2, 0.25) is 18.0 Å². The highest BCUT2D eigenvalue weighted by atomic mass is 19.4. The summed E-state index contributed by atoms with van der Waals surface area (Å²) in [7, 11) is 0. The van der Waals surface area contributed by atoms with Crippen LogP contribution in [-0.2, 0) is 10.8 Å². The monoisotopic (exact) mass is 478 g/mol. The van der Waals surface area contributed by atoms with Gasteiger partial charge in [-0.2, -0.15) is 13.2 Å². The Bertz CT molecular complexity index is 1040. The molecule has 0 heterocycles. The number of Topliss-reactive ketones (excluding diaryl/α,β-unsaturated/α-hetero) is 1. The summed E-state index contributed by atoms with van der Waals surface area (Å²) in [4.78, 5) is 13.4. The highest BCUT2D eigenvalue weighted by Gasteiger charge is 2.33. The predicted molar refractivity (Wildman–Crippen MR) is 130 cm³/mol. The van der Waals surface area contributed by atoms with E-state index in [1.54, 1.807) is 19.1 Å². The average Bonchev–Trinajstić information content (AvgIpc) is 2.91. The first-order valence-electron chi connectivity index (χ1n) is 11.2. The number of hydrogen-bond donors (Lipinski definition) is 2. The normalized spacial score (nSPS) is 17.4. The fraction of sp³-hybridized carbons (Fsp3) is 0.500. The maximum atomic E-state index is 13.4. The number of phenolic OH excluding ortho intramolecular Hbond substituents is 1. The van der Waals surface area contributed by atoms with Crippen LogP contribution in [0.15, 0.2) is 41.0 Å². The number of rotatable bonds is 4. The van der Waals surface area contributed by atoms with E-state index in [0.717, 1.165) is 12.2 Å². The number of ketones is 1. The molecule has 0 atom stereocenters. The van der Waals surface area contributed by atoms with Crippen LogP contribution in [0.4, 0.5) is 13.2 Å². The lowest BCUT2D eigenvalue weighted by atomic mass is 9.78. The van der Waals surface area contributed by atoms with E-state index >= 15 is 0 Å². The largest absolute Gasteiger partial charge is 0.507 e. The number of hydrazone groups is 1. The van der Waals surface area contributed by atoms with Crippen molar-refractivity contribution >= 4 is 17.3 Å². The topological polar surface area (TPSA) is 78.7 Å². The van der Waals surface area contributed by atoms with Crippen LogP contribution in [0.25, 0.3) is 0 Å². The van der Waals surface area contributed by atoms with Gasteiger partial charge in [-0.3, -0.25) is 4.79 Å². The maximum absolute atomic E-state index is 13.4. The Labute approximate surface area is 199 Å². The number of nitrogens with two attached hydrogens (primary N) is 1. The molecule has 0 bridgehead atoms. The molecule has 2 rings (SSSR count). The lowest BCUT2D eigenvalue weighted by Crippen LogP contribution is -2.26. The fourth-order valence-electron chi connectivity index (χ4n) is 3.70. The Morgan fingerprint density at radius 2 is 1.59 bits per heavy atom. The van der Waals surface area contributed by atoms with Gasteiger partial charge in [0.1, 0.15) is 5.75 Å². The third-order valence-electron chi connectivity index (χ3n) is 5.50. The molecule has 0 spiro atoms. The number of hydrogen-bond acceptors (Lipinski definition) is 3. The van der Waals surface area contributed by atoms with Crippen molar-refractivity contribution in [2.24, 2.45) is 10.8 Å². The van der Waals surface area contributed by atoms with Crippen molar-refractivity contribution in [1.82, 2.24) is 0 Å². The smallest absolute Gasteiger partial charge is 0.416 e. The van der Waals surface area contributed by atoms with E-state index < -0.39 is 22.6 Å². The Hall–Kier alpha value is -2.90. The summed E-state index contributed by atoms with van der Waals surface area (Å²) >= 11 is 0. The van der Waals surface area contributed by atoms with E-state index in [-0.39, 0.29) is 36.8 Å². The standard InChI is InChI=1S/C26H34F3N3O2/c1-16(30)31-32(19-10-8-9-18(11-12-19)26(27,28)29)15-22(33)17-13-20(24(2,3)4)23(34)21(14-17)25(5,6)7/h9,11-14H,8,10,15H2,1-7H3,(H2-,30,31,33,34)/p+1/b32-19+. The number of alkyl halides is 3. The number of benzene rings is 1. The number of aromatic hydroxyl groups is 1. The van der Waals surface area contributed by atoms with Crippen molar-refractivity contribution in [1.29, 1.82) is 0 Å². The molecular formula is C26H35F3N3O2+.